The second-order valence-electron chi connectivity index (χ2n) is 5.50. The van der Waals surface area contributed by atoms with Crippen LogP contribution in [0.5, 0.6) is 0 Å². The molecule has 0 aliphatic heterocycles. The number of aromatic nitrogens is 1. The second-order valence-corrected chi connectivity index (χ2v) is 5.50. The normalized spacial score (nSPS) is 23.1. The standard InChI is InChI=1S/C16H27N3/c1-3-17-16-10-7-8-14(16)12-19(4-2)13-15-9-5-6-11-18-15/h5-6,9,11,14,16-17H,3-4,7-8,10,12-13H2,1-2H3. The zero-order valence-electron chi connectivity index (χ0n) is 12.3. The molecule has 0 spiro atoms. The minimum Gasteiger partial charge on any atom is -0.314 e. The summed E-state index contributed by atoms with van der Waals surface area (Å²) < 4.78 is 0. The van der Waals surface area contributed by atoms with Gasteiger partial charge in [0.15, 0.2) is 0 Å². The highest BCUT2D eigenvalue weighted by atomic mass is 15.1. The molecule has 1 aromatic rings. The van der Waals surface area contributed by atoms with E-state index < -0.39 is 0 Å². The number of hydrogen-bond acceptors (Lipinski definition) is 3. The van der Waals surface area contributed by atoms with E-state index in [-0.39, 0.29) is 0 Å². The molecule has 1 fully saturated rings. The Bertz CT molecular complexity index is 352. The molecule has 19 heavy (non-hydrogen) atoms. The smallest absolute Gasteiger partial charge is 0.0543 e. The van der Waals surface area contributed by atoms with Gasteiger partial charge in [0, 0.05) is 25.3 Å². The van der Waals surface area contributed by atoms with Gasteiger partial charge in [-0.15, -0.1) is 0 Å². The Labute approximate surface area is 117 Å². The lowest BCUT2D eigenvalue weighted by molar-refractivity contribution is 0.214. The summed E-state index contributed by atoms with van der Waals surface area (Å²) in [7, 11) is 0. The maximum Gasteiger partial charge on any atom is 0.0543 e. The fraction of sp³-hybridized carbons (Fsp3) is 0.688. The van der Waals surface area contributed by atoms with Crippen LogP contribution in [0.15, 0.2) is 24.4 Å². The quantitative estimate of drug-likeness (QED) is 0.818. The molecule has 106 valence electrons. The highest BCUT2D eigenvalue weighted by molar-refractivity contribution is 5.03. The van der Waals surface area contributed by atoms with Crippen LogP contribution in [-0.4, -0.2) is 35.6 Å². The molecule has 0 bridgehead atoms. The lowest BCUT2D eigenvalue weighted by atomic mass is 10.0. The minimum absolute atomic E-state index is 0.725. The first-order valence-corrected chi connectivity index (χ1v) is 7.69. The van der Waals surface area contributed by atoms with Gasteiger partial charge in [-0.3, -0.25) is 9.88 Å². The summed E-state index contributed by atoms with van der Waals surface area (Å²) in [5.41, 5.74) is 1.18. The first kappa shape index (κ1) is 14.5. The van der Waals surface area contributed by atoms with E-state index in [0.717, 1.165) is 31.6 Å². The van der Waals surface area contributed by atoms with Crippen molar-refractivity contribution in [2.24, 2.45) is 5.92 Å². The first-order valence-electron chi connectivity index (χ1n) is 7.69. The Hall–Kier alpha value is -0.930. The van der Waals surface area contributed by atoms with Crippen LogP contribution in [0, 0.1) is 5.92 Å². The van der Waals surface area contributed by atoms with Crippen molar-refractivity contribution >= 4 is 0 Å². The predicted molar refractivity (Wildman–Crippen MR) is 80.0 cm³/mol. The van der Waals surface area contributed by atoms with Crippen LogP contribution in [0.4, 0.5) is 0 Å². The van der Waals surface area contributed by atoms with Gasteiger partial charge < -0.3 is 5.32 Å². The summed E-state index contributed by atoms with van der Waals surface area (Å²) in [5.74, 6) is 0.809. The van der Waals surface area contributed by atoms with Gasteiger partial charge in [-0.1, -0.05) is 26.3 Å². The summed E-state index contributed by atoms with van der Waals surface area (Å²) in [5, 5.41) is 3.65. The van der Waals surface area contributed by atoms with Gasteiger partial charge in [-0.05, 0) is 44.0 Å². The van der Waals surface area contributed by atoms with E-state index in [1.54, 1.807) is 0 Å². The van der Waals surface area contributed by atoms with Gasteiger partial charge in [0.25, 0.3) is 0 Å². The van der Waals surface area contributed by atoms with Gasteiger partial charge in [0.2, 0.25) is 0 Å². The lowest BCUT2D eigenvalue weighted by Gasteiger charge is -2.27. The zero-order valence-corrected chi connectivity index (χ0v) is 12.3. The molecule has 1 N–H and O–H groups in total. The Morgan fingerprint density at radius 1 is 1.32 bits per heavy atom. The summed E-state index contributed by atoms with van der Waals surface area (Å²) in [6.45, 7) is 8.83. The maximum absolute atomic E-state index is 4.44. The van der Waals surface area contributed by atoms with E-state index in [4.69, 9.17) is 0 Å². The van der Waals surface area contributed by atoms with E-state index in [0.29, 0.717) is 0 Å². The van der Waals surface area contributed by atoms with Crippen LogP contribution in [0.25, 0.3) is 0 Å². The van der Waals surface area contributed by atoms with E-state index in [1.165, 1.54) is 31.5 Å². The fourth-order valence-electron chi connectivity index (χ4n) is 3.14. The maximum atomic E-state index is 4.44. The Kier molecular flexibility index (Phi) is 5.80. The van der Waals surface area contributed by atoms with Gasteiger partial charge in [-0.2, -0.15) is 0 Å². The van der Waals surface area contributed by atoms with Crippen molar-refractivity contribution in [2.75, 3.05) is 19.6 Å². The fourth-order valence-corrected chi connectivity index (χ4v) is 3.14. The third-order valence-electron chi connectivity index (χ3n) is 4.18. The molecular weight excluding hydrogens is 234 g/mol. The number of pyridine rings is 1. The molecule has 2 rings (SSSR count). The van der Waals surface area contributed by atoms with Crippen LogP contribution in [0.1, 0.15) is 38.8 Å². The predicted octanol–water partition coefficient (Wildman–Crippen LogP) is 2.68. The SMILES string of the molecule is CCNC1CCCC1CN(CC)Cc1ccccn1. The zero-order chi connectivity index (χ0) is 13.5. The van der Waals surface area contributed by atoms with Gasteiger partial charge >= 0.3 is 0 Å². The first-order chi connectivity index (χ1) is 9.33. The van der Waals surface area contributed by atoms with Crippen LogP contribution in [-0.2, 0) is 6.54 Å². The van der Waals surface area contributed by atoms with Crippen LogP contribution >= 0.6 is 0 Å². The van der Waals surface area contributed by atoms with E-state index >= 15 is 0 Å². The molecule has 0 aromatic carbocycles. The average molecular weight is 261 g/mol. The molecule has 2 atom stereocenters. The molecule has 1 aliphatic rings. The molecule has 0 amide bonds. The minimum atomic E-state index is 0.725. The number of nitrogens with zero attached hydrogens (tertiary/aromatic N) is 2. The molecule has 0 radical (unpaired) electrons. The molecule has 3 nitrogen and oxygen atoms in total. The molecule has 1 aromatic heterocycles. The van der Waals surface area contributed by atoms with Crippen molar-refractivity contribution in [3.8, 4) is 0 Å². The number of rotatable bonds is 7. The summed E-state index contributed by atoms with van der Waals surface area (Å²) >= 11 is 0. The van der Waals surface area contributed by atoms with E-state index in [2.05, 4.69) is 41.2 Å². The highest BCUT2D eigenvalue weighted by Crippen LogP contribution is 2.26. The van der Waals surface area contributed by atoms with Gasteiger partial charge in [-0.25, -0.2) is 0 Å². The van der Waals surface area contributed by atoms with Crippen molar-refractivity contribution in [1.82, 2.24) is 15.2 Å². The van der Waals surface area contributed by atoms with E-state index in [9.17, 15) is 0 Å². The third-order valence-corrected chi connectivity index (χ3v) is 4.18. The van der Waals surface area contributed by atoms with Crippen LogP contribution < -0.4 is 5.32 Å². The Morgan fingerprint density at radius 3 is 2.89 bits per heavy atom. The van der Waals surface area contributed by atoms with E-state index in [1.807, 2.05) is 12.3 Å². The van der Waals surface area contributed by atoms with Gasteiger partial charge in [0.1, 0.15) is 0 Å². The van der Waals surface area contributed by atoms with Crippen molar-refractivity contribution in [2.45, 2.75) is 45.7 Å². The molecule has 0 saturated heterocycles. The molecule has 1 saturated carbocycles. The Balaban J connectivity index is 1.88. The summed E-state index contributed by atoms with van der Waals surface area (Å²) in [6.07, 6.45) is 5.99. The Morgan fingerprint density at radius 2 is 2.21 bits per heavy atom. The second kappa shape index (κ2) is 7.61. The number of hydrogen-bond donors (Lipinski definition) is 1. The topological polar surface area (TPSA) is 28.2 Å². The van der Waals surface area contributed by atoms with Crippen LogP contribution in [0.2, 0.25) is 0 Å². The van der Waals surface area contributed by atoms with Crippen LogP contribution in [0.3, 0.4) is 0 Å². The van der Waals surface area contributed by atoms with Crippen molar-refractivity contribution in [3.63, 3.8) is 0 Å². The van der Waals surface area contributed by atoms with Gasteiger partial charge in [0.05, 0.1) is 5.69 Å². The molecule has 2 unspecified atom stereocenters. The monoisotopic (exact) mass is 261 g/mol. The summed E-state index contributed by atoms with van der Waals surface area (Å²) in [6, 6.07) is 6.91. The molecule has 3 heteroatoms. The van der Waals surface area contributed by atoms with Crippen molar-refractivity contribution in [1.29, 1.82) is 0 Å². The molecule has 1 aliphatic carbocycles. The molecular formula is C16H27N3. The van der Waals surface area contributed by atoms with Crippen molar-refractivity contribution < 1.29 is 0 Å². The average Bonchev–Trinajstić information content (AvgIpc) is 2.87. The highest BCUT2D eigenvalue weighted by Gasteiger charge is 2.27. The summed E-state index contributed by atoms with van der Waals surface area (Å²) in [4.78, 5) is 6.97. The van der Waals surface area contributed by atoms with Crippen molar-refractivity contribution in [3.05, 3.63) is 30.1 Å². The molecule has 1 heterocycles. The third kappa shape index (κ3) is 4.29. The largest absolute Gasteiger partial charge is 0.314 e. The lowest BCUT2D eigenvalue weighted by Crippen LogP contribution is -2.39. The number of nitrogens with one attached hydrogen (secondary N) is 1.